The van der Waals surface area contributed by atoms with Crippen LogP contribution in [0.1, 0.15) is 0 Å². The Bertz CT molecular complexity index is 509. The summed E-state index contributed by atoms with van der Waals surface area (Å²) in [4.78, 5) is 1.04. The zero-order valence-electron chi connectivity index (χ0n) is 10.6. The van der Waals surface area contributed by atoms with Gasteiger partial charge in [0, 0.05) is 4.90 Å². The number of hydrogen-bond acceptors (Lipinski definition) is 1. The summed E-state index contributed by atoms with van der Waals surface area (Å²) in [6, 6.07) is 17.2. The second-order valence-electron chi connectivity index (χ2n) is 5.34. The molecular formula is C15H18SSi. The molecule has 17 heavy (non-hydrogen) atoms. The minimum atomic E-state index is -1.19. The number of benzene rings is 2. The summed E-state index contributed by atoms with van der Waals surface area (Å²) in [7, 11) is -1.19. The SMILES string of the molecule is C[Si](C)(C)c1ccc(-c2ccccc2S)cc1. The molecule has 0 saturated heterocycles. The van der Waals surface area contributed by atoms with Crippen LogP contribution in [0, 0.1) is 0 Å². The molecule has 0 aliphatic heterocycles. The molecule has 0 atom stereocenters. The van der Waals surface area contributed by atoms with E-state index in [9.17, 15) is 0 Å². The third-order valence-electron chi connectivity index (χ3n) is 2.97. The Labute approximate surface area is 110 Å². The molecule has 0 aromatic heterocycles. The minimum Gasteiger partial charge on any atom is -0.143 e. The van der Waals surface area contributed by atoms with Gasteiger partial charge in [-0.3, -0.25) is 0 Å². The Morgan fingerprint density at radius 3 is 1.94 bits per heavy atom. The van der Waals surface area contributed by atoms with Crippen LogP contribution in [-0.4, -0.2) is 8.07 Å². The highest BCUT2D eigenvalue weighted by atomic mass is 32.1. The van der Waals surface area contributed by atoms with Crippen molar-refractivity contribution in [3.05, 3.63) is 48.5 Å². The molecule has 0 unspecified atom stereocenters. The van der Waals surface area contributed by atoms with Gasteiger partial charge in [-0.25, -0.2) is 0 Å². The molecule has 0 saturated carbocycles. The predicted molar refractivity (Wildman–Crippen MR) is 82.1 cm³/mol. The van der Waals surface area contributed by atoms with E-state index < -0.39 is 8.07 Å². The molecule has 0 nitrogen and oxygen atoms in total. The first-order chi connectivity index (χ1) is 7.98. The van der Waals surface area contributed by atoms with E-state index in [1.165, 1.54) is 16.3 Å². The van der Waals surface area contributed by atoms with Crippen LogP contribution in [0.2, 0.25) is 19.6 Å². The standard InChI is InChI=1S/C15H18SSi/c1-17(2,3)13-10-8-12(9-11-13)14-6-4-5-7-15(14)16/h4-11,16H,1-3H3. The van der Waals surface area contributed by atoms with Crippen LogP contribution in [0.5, 0.6) is 0 Å². The first-order valence-electron chi connectivity index (χ1n) is 5.87. The van der Waals surface area contributed by atoms with Crippen molar-refractivity contribution in [2.45, 2.75) is 24.5 Å². The zero-order chi connectivity index (χ0) is 12.5. The quantitative estimate of drug-likeness (QED) is 0.606. The summed E-state index contributed by atoms with van der Waals surface area (Å²) in [6.45, 7) is 7.11. The first kappa shape index (κ1) is 12.5. The molecule has 0 bridgehead atoms. The van der Waals surface area contributed by atoms with Gasteiger partial charge in [-0.2, -0.15) is 0 Å². The maximum atomic E-state index is 4.50. The van der Waals surface area contributed by atoms with Crippen LogP contribution in [0.3, 0.4) is 0 Å². The van der Waals surface area contributed by atoms with E-state index in [4.69, 9.17) is 0 Å². The Morgan fingerprint density at radius 1 is 0.824 bits per heavy atom. The summed E-state index contributed by atoms with van der Waals surface area (Å²) in [6.07, 6.45) is 0. The van der Waals surface area contributed by atoms with Gasteiger partial charge in [0.25, 0.3) is 0 Å². The third kappa shape index (κ3) is 2.82. The van der Waals surface area contributed by atoms with Crippen LogP contribution in [0.15, 0.2) is 53.4 Å². The van der Waals surface area contributed by atoms with Crippen LogP contribution >= 0.6 is 12.6 Å². The van der Waals surface area contributed by atoms with Crippen molar-refractivity contribution in [1.82, 2.24) is 0 Å². The van der Waals surface area contributed by atoms with Crippen molar-refractivity contribution in [2.75, 3.05) is 0 Å². The van der Waals surface area contributed by atoms with Gasteiger partial charge >= 0.3 is 0 Å². The van der Waals surface area contributed by atoms with Gasteiger partial charge < -0.3 is 0 Å². The molecule has 2 rings (SSSR count). The van der Waals surface area contributed by atoms with E-state index in [2.05, 4.69) is 68.7 Å². The Kier molecular flexibility index (Phi) is 3.45. The summed E-state index contributed by atoms with van der Waals surface area (Å²) in [5.74, 6) is 0. The number of hydrogen-bond donors (Lipinski definition) is 1. The Hall–Kier alpha value is -0.993. The predicted octanol–water partition coefficient (Wildman–Crippen LogP) is 4.19. The average Bonchev–Trinajstić information content (AvgIpc) is 2.29. The lowest BCUT2D eigenvalue weighted by molar-refractivity contribution is 1.46. The molecule has 0 N–H and O–H groups in total. The largest absolute Gasteiger partial charge is 0.143 e. The van der Waals surface area contributed by atoms with Crippen LogP contribution in [0.4, 0.5) is 0 Å². The van der Waals surface area contributed by atoms with Gasteiger partial charge in [-0.1, -0.05) is 67.3 Å². The molecule has 0 radical (unpaired) electrons. The molecule has 88 valence electrons. The van der Waals surface area contributed by atoms with Gasteiger partial charge in [-0.05, 0) is 17.2 Å². The first-order valence-corrected chi connectivity index (χ1v) is 9.82. The van der Waals surface area contributed by atoms with Gasteiger partial charge in [0.15, 0.2) is 0 Å². The van der Waals surface area contributed by atoms with Crippen molar-refractivity contribution >= 4 is 25.9 Å². The maximum absolute atomic E-state index is 4.50. The zero-order valence-corrected chi connectivity index (χ0v) is 12.5. The summed E-state index contributed by atoms with van der Waals surface area (Å²) < 4.78 is 0. The lowest BCUT2D eigenvalue weighted by atomic mass is 10.1. The van der Waals surface area contributed by atoms with Crippen LogP contribution in [-0.2, 0) is 0 Å². The van der Waals surface area contributed by atoms with Gasteiger partial charge in [0.1, 0.15) is 0 Å². The van der Waals surface area contributed by atoms with E-state index in [1.807, 2.05) is 12.1 Å². The maximum Gasteiger partial charge on any atom is 0.0775 e. The molecular weight excluding hydrogens is 240 g/mol. The molecule has 2 aromatic rings. The highest BCUT2D eigenvalue weighted by molar-refractivity contribution is 7.80. The van der Waals surface area contributed by atoms with Crippen LogP contribution in [0.25, 0.3) is 11.1 Å². The second kappa shape index (κ2) is 4.71. The van der Waals surface area contributed by atoms with Gasteiger partial charge in [-0.15, -0.1) is 12.6 Å². The van der Waals surface area contributed by atoms with Crippen molar-refractivity contribution < 1.29 is 0 Å². The lowest BCUT2D eigenvalue weighted by Gasteiger charge is -2.17. The molecule has 0 aliphatic carbocycles. The lowest BCUT2D eigenvalue weighted by Crippen LogP contribution is -2.37. The van der Waals surface area contributed by atoms with E-state index in [1.54, 1.807) is 0 Å². The fourth-order valence-electron chi connectivity index (χ4n) is 1.87. The van der Waals surface area contributed by atoms with Crippen molar-refractivity contribution in [3.8, 4) is 11.1 Å². The fourth-order valence-corrected chi connectivity index (χ4v) is 3.32. The second-order valence-corrected chi connectivity index (χ2v) is 10.9. The third-order valence-corrected chi connectivity index (χ3v) is 5.42. The van der Waals surface area contributed by atoms with Crippen molar-refractivity contribution in [1.29, 1.82) is 0 Å². The van der Waals surface area contributed by atoms with Crippen molar-refractivity contribution in [3.63, 3.8) is 0 Å². The molecule has 0 spiro atoms. The highest BCUT2D eigenvalue weighted by Gasteiger charge is 2.15. The van der Waals surface area contributed by atoms with E-state index >= 15 is 0 Å². The molecule has 0 aliphatic rings. The molecule has 0 fully saturated rings. The summed E-state index contributed by atoms with van der Waals surface area (Å²) in [5, 5.41) is 1.50. The molecule has 2 heteroatoms. The Morgan fingerprint density at radius 2 is 1.41 bits per heavy atom. The normalized spacial score (nSPS) is 11.5. The van der Waals surface area contributed by atoms with Crippen molar-refractivity contribution in [2.24, 2.45) is 0 Å². The number of rotatable bonds is 2. The smallest absolute Gasteiger partial charge is 0.0775 e. The van der Waals surface area contributed by atoms with Gasteiger partial charge in [0.2, 0.25) is 0 Å². The molecule has 0 amide bonds. The van der Waals surface area contributed by atoms with E-state index in [0.29, 0.717) is 0 Å². The monoisotopic (exact) mass is 258 g/mol. The highest BCUT2D eigenvalue weighted by Crippen LogP contribution is 2.25. The van der Waals surface area contributed by atoms with Gasteiger partial charge in [0.05, 0.1) is 8.07 Å². The number of thiol groups is 1. The van der Waals surface area contributed by atoms with E-state index in [0.717, 1.165) is 4.90 Å². The van der Waals surface area contributed by atoms with E-state index in [-0.39, 0.29) is 0 Å². The summed E-state index contributed by atoms with van der Waals surface area (Å²) in [5.41, 5.74) is 2.45. The summed E-state index contributed by atoms with van der Waals surface area (Å²) >= 11 is 4.50. The average molecular weight is 258 g/mol. The Balaban J connectivity index is 2.40. The van der Waals surface area contributed by atoms with Crippen LogP contribution < -0.4 is 5.19 Å². The molecule has 0 heterocycles. The minimum absolute atomic E-state index is 1.04. The fraction of sp³-hybridized carbons (Fsp3) is 0.200. The molecule has 2 aromatic carbocycles. The topological polar surface area (TPSA) is 0 Å².